The molecular weight excluding hydrogens is 191 g/mol. The summed E-state index contributed by atoms with van der Waals surface area (Å²) in [7, 11) is 0. The van der Waals surface area contributed by atoms with E-state index in [9.17, 15) is 0 Å². The van der Waals surface area contributed by atoms with Crippen LogP contribution in [0, 0.1) is 0 Å². The van der Waals surface area contributed by atoms with E-state index in [4.69, 9.17) is 0 Å². The molecule has 0 rings (SSSR count). The molecule has 0 amide bonds. The number of rotatable bonds is 3. The number of hydrogen-bond acceptors (Lipinski definition) is 0. The topological polar surface area (TPSA) is 0 Å². The van der Waals surface area contributed by atoms with Gasteiger partial charge in [-0.1, -0.05) is 0 Å². The molecule has 0 nitrogen and oxygen atoms in total. The van der Waals surface area contributed by atoms with Crippen molar-refractivity contribution in [2.45, 2.75) is 23.7 Å². The van der Waals surface area contributed by atoms with Crippen molar-refractivity contribution in [1.29, 1.82) is 0 Å². The van der Waals surface area contributed by atoms with Crippen molar-refractivity contribution >= 4 is 22.5 Å². The molecule has 0 aliphatic carbocycles. The summed E-state index contributed by atoms with van der Waals surface area (Å²) < 4.78 is 0.803. The zero-order chi connectivity index (χ0) is 5.70. The third kappa shape index (κ3) is 4.39. The molecular formula is C6H11Sn. The Morgan fingerprint density at radius 2 is 2.43 bits per heavy atom. The van der Waals surface area contributed by atoms with Crippen molar-refractivity contribution in [2.75, 3.05) is 0 Å². The zero-order valence-corrected chi connectivity index (χ0v) is 7.63. The van der Waals surface area contributed by atoms with Crippen molar-refractivity contribution in [3.8, 4) is 0 Å². The summed E-state index contributed by atoms with van der Waals surface area (Å²) in [6.07, 6.45) is 4.66. The van der Waals surface area contributed by atoms with Gasteiger partial charge in [0.1, 0.15) is 0 Å². The van der Waals surface area contributed by atoms with E-state index in [1.54, 1.807) is 22.5 Å². The summed E-state index contributed by atoms with van der Waals surface area (Å²) in [6, 6.07) is 0. The molecule has 0 spiro atoms. The quantitative estimate of drug-likeness (QED) is 0.484. The van der Waals surface area contributed by atoms with Crippen LogP contribution in [-0.4, -0.2) is 22.5 Å². The molecule has 39 valence electrons. The molecule has 0 aliphatic rings. The van der Waals surface area contributed by atoms with Gasteiger partial charge in [0.15, 0.2) is 0 Å². The van der Waals surface area contributed by atoms with E-state index < -0.39 is 0 Å². The van der Waals surface area contributed by atoms with Crippen molar-refractivity contribution in [3.05, 3.63) is 12.7 Å². The van der Waals surface area contributed by atoms with Gasteiger partial charge in [-0.05, 0) is 0 Å². The van der Waals surface area contributed by atoms with Gasteiger partial charge in [-0.25, -0.2) is 0 Å². The van der Waals surface area contributed by atoms with Gasteiger partial charge in [0.2, 0.25) is 0 Å². The van der Waals surface area contributed by atoms with E-state index >= 15 is 0 Å². The number of hydrogen-bond donors (Lipinski definition) is 0. The first-order valence-corrected chi connectivity index (χ1v) is 4.29. The summed E-state index contributed by atoms with van der Waals surface area (Å²) in [5.41, 5.74) is 0. The van der Waals surface area contributed by atoms with Gasteiger partial charge in [-0.2, -0.15) is 0 Å². The van der Waals surface area contributed by atoms with Crippen LogP contribution in [0.15, 0.2) is 12.7 Å². The van der Waals surface area contributed by atoms with Crippen LogP contribution < -0.4 is 0 Å². The van der Waals surface area contributed by atoms with E-state index in [0.29, 0.717) is 0 Å². The first kappa shape index (κ1) is 7.54. The predicted octanol–water partition coefficient (Wildman–Crippen LogP) is 1.93. The molecule has 7 heavy (non-hydrogen) atoms. The molecule has 0 N–H and O–H groups in total. The maximum absolute atomic E-state index is 3.70. The van der Waals surface area contributed by atoms with E-state index in [0.717, 1.165) is 3.93 Å². The Morgan fingerprint density at radius 1 is 1.86 bits per heavy atom. The fourth-order valence-corrected chi connectivity index (χ4v) is 1.25. The molecule has 0 fully saturated rings. The minimum absolute atomic E-state index is 0.803. The van der Waals surface area contributed by atoms with Crippen LogP contribution in [0.5, 0.6) is 0 Å². The van der Waals surface area contributed by atoms with Crippen molar-refractivity contribution in [3.63, 3.8) is 0 Å². The summed E-state index contributed by atoms with van der Waals surface area (Å²) in [4.78, 5) is 0. The first-order chi connectivity index (χ1) is 3.31. The van der Waals surface area contributed by atoms with Crippen LogP contribution in [0.4, 0.5) is 0 Å². The minimum atomic E-state index is 0.803. The van der Waals surface area contributed by atoms with E-state index in [1.807, 2.05) is 6.08 Å². The normalized spacial score (nSPS) is 13.4. The van der Waals surface area contributed by atoms with Crippen LogP contribution in [0.1, 0.15) is 19.8 Å². The Kier molecular flexibility index (Phi) is 5.05. The Hall–Kier alpha value is 0.539. The van der Waals surface area contributed by atoms with Crippen LogP contribution >= 0.6 is 0 Å². The number of allylic oxidation sites excluding steroid dienone is 1. The molecule has 0 aromatic rings. The molecule has 1 heteroatoms. The molecule has 1 atom stereocenters. The van der Waals surface area contributed by atoms with Crippen LogP contribution in [0.2, 0.25) is 3.93 Å². The van der Waals surface area contributed by atoms with Crippen LogP contribution in [0.25, 0.3) is 0 Å². The van der Waals surface area contributed by atoms with Crippen LogP contribution in [-0.2, 0) is 0 Å². The third-order valence-corrected chi connectivity index (χ3v) is 2.38. The SMILES string of the molecule is C=C[CH]([Sn])CCC. The van der Waals surface area contributed by atoms with Crippen molar-refractivity contribution in [1.82, 2.24) is 0 Å². The van der Waals surface area contributed by atoms with Crippen LogP contribution in [0.3, 0.4) is 0 Å². The van der Waals surface area contributed by atoms with Gasteiger partial charge in [-0.15, -0.1) is 0 Å². The summed E-state index contributed by atoms with van der Waals surface area (Å²) in [5.74, 6) is 0. The van der Waals surface area contributed by atoms with Crippen molar-refractivity contribution < 1.29 is 0 Å². The van der Waals surface area contributed by atoms with E-state index in [2.05, 4.69) is 13.5 Å². The molecule has 3 radical (unpaired) electrons. The fourth-order valence-electron chi connectivity index (χ4n) is 0.429. The first-order valence-electron chi connectivity index (χ1n) is 2.65. The summed E-state index contributed by atoms with van der Waals surface area (Å²) >= 11 is 1.60. The van der Waals surface area contributed by atoms with E-state index in [-0.39, 0.29) is 0 Å². The maximum atomic E-state index is 3.70. The van der Waals surface area contributed by atoms with Gasteiger partial charge in [0, 0.05) is 0 Å². The summed E-state index contributed by atoms with van der Waals surface area (Å²) in [6.45, 7) is 5.91. The third-order valence-electron chi connectivity index (χ3n) is 0.884. The summed E-state index contributed by atoms with van der Waals surface area (Å²) in [5, 5.41) is 0. The molecule has 0 aromatic carbocycles. The van der Waals surface area contributed by atoms with Crippen molar-refractivity contribution in [2.24, 2.45) is 0 Å². The monoisotopic (exact) mass is 203 g/mol. The van der Waals surface area contributed by atoms with Gasteiger partial charge < -0.3 is 0 Å². The second-order valence-electron chi connectivity index (χ2n) is 1.63. The Balaban J connectivity index is 2.98. The molecule has 0 heterocycles. The Labute approximate surface area is 59.1 Å². The van der Waals surface area contributed by atoms with Gasteiger partial charge in [0.25, 0.3) is 0 Å². The predicted molar refractivity (Wildman–Crippen MR) is 34.6 cm³/mol. The van der Waals surface area contributed by atoms with E-state index in [1.165, 1.54) is 12.8 Å². The fraction of sp³-hybridized carbons (Fsp3) is 0.667. The van der Waals surface area contributed by atoms with Gasteiger partial charge in [0.05, 0.1) is 0 Å². The Bertz CT molecular complexity index is 50.1. The Morgan fingerprint density at radius 3 is 2.57 bits per heavy atom. The van der Waals surface area contributed by atoms with Gasteiger partial charge >= 0.3 is 58.9 Å². The molecule has 0 saturated carbocycles. The molecule has 0 saturated heterocycles. The zero-order valence-electron chi connectivity index (χ0n) is 4.78. The average molecular weight is 202 g/mol. The molecule has 0 bridgehead atoms. The molecule has 0 aromatic heterocycles. The standard InChI is InChI=1S/C6H11.Sn/c1-3-5-6-4-2;/h3,5H,1,4,6H2,2H3;. The van der Waals surface area contributed by atoms with Gasteiger partial charge in [-0.3, -0.25) is 0 Å². The molecule has 0 aliphatic heterocycles. The average Bonchev–Trinajstić information content (AvgIpc) is 1.68. The molecule has 1 unspecified atom stereocenters. The second kappa shape index (κ2) is 4.69. The second-order valence-corrected chi connectivity index (χ2v) is 3.75.